The summed E-state index contributed by atoms with van der Waals surface area (Å²) >= 11 is 0. The predicted octanol–water partition coefficient (Wildman–Crippen LogP) is 3.58. The maximum atomic E-state index is 5.67. The van der Waals surface area contributed by atoms with Gasteiger partial charge in [-0.25, -0.2) is 0 Å². The molecule has 2 aromatic rings. The Bertz CT molecular complexity index is 468. The molecular weight excluding hydrogens is 234 g/mol. The molecule has 17 heavy (non-hydrogen) atoms. The second-order valence-electron chi connectivity index (χ2n) is 3.85. The summed E-state index contributed by atoms with van der Waals surface area (Å²) in [7, 11) is 0. The zero-order valence-corrected chi connectivity index (χ0v) is 10.5. The summed E-state index contributed by atoms with van der Waals surface area (Å²) in [5.74, 6) is 0.806. The van der Waals surface area contributed by atoms with Crippen molar-refractivity contribution in [1.29, 1.82) is 0 Å². The number of nitrogen functional groups attached to an aromatic ring is 1. The molecule has 0 aliphatic heterocycles. The van der Waals surface area contributed by atoms with E-state index in [1.54, 1.807) is 0 Å². The van der Waals surface area contributed by atoms with Crippen LogP contribution in [-0.2, 0) is 6.61 Å². The van der Waals surface area contributed by atoms with Crippen molar-refractivity contribution < 1.29 is 4.74 Å². The quantitative estimate of drug-likeness (QED) is 0.844. The van der Waals surface area contributed by atoms with Crippen LogP contribution in [-0.4, -0.2) is 0 Å². The molecule has 0 unspecified atom stereocenters. The molecule has 2 aromatic carbocycles. The number of hydrogen-bond donors (Lipinski definition) is 1. The lowest BCUT2D eigenvalue weighted by Gasteiger charge is -2.06. The molecule has 0 aliphatic carbocycles. The van der Waals surface area contributed by atoms with E-state index < -0.39 is 0 Å². The van der Waals surface area contributed by atoms with Crippen molar-refractivity contribution in [1.82, 2.24) is 0 Å². The normalized spacial score (nSPS) is 9.47. The standard InChI is InChI=1S/C14H15NO.ClH/c1-11-5-7-12(8-6-11)10-16-14-4-2-3-13(15)9-14;/h2-9H,10,15H2,1H3;1H. The van der Waals surface area contributed by atoms with Crippen molar-refractivity contribution in [2.24, 2.45) is 0 Å². The Kier molecular flexibility index (Phi) is 4.85. The highest BCUT2D eigenvalue weighted by Crippen LogP contribution is 2.16. The zero-order valence-electron chi connectivity index (χ0n) is 9.72. The van der Waals surface area contributed by atoms with Gasteiger partial charge in [0.25, 0.3) is 0 Å². The molecule has 2 rings (SSSR count). The van der Waals surface area contributed by atoms with Crippen molar-refractivity contribution in [3.63, 3.8) is 0 Å². The number of nitrogens with two attached hydrogens (primary N) is 1. The van der Waals surface area contributed by atoms with E-state index in [0.29, 0.717) is 6.61 Å². The Morgan fingerprint density at radius 3 is 2.41 bits per heavy atom. The molecule has 0 amide bonds. The third-order valence-electron chi connectivity index (χ3n) is 2.38. The van der Waals surface area contributed by atoms with Gasteiger partial charge in [0, 0.05) is 11.8 Å². The number of ether oxygens (including phenoxy) is 1. The van der Waals surface area contributed by atoms with E-state index in [1.165, 1.54) is 5.56 Å². The van der Waals surface area contributed by atoms with E-state index in [-0.39, 0.29) is 12.4 Å². The van der Waals surface area contributed by atoms with E-state index in [4.69, 9.17) is 10.5 Å². The van der Waals surface area contributed by atoms with Crippen LogP contribution in [0, 0.1) is 6.92 Å². The molecule has 90 valence electrons. The van der Waals surface area contributed by atoms with Crippen LogP contribution in [0.15, 0.2) is 48.5 Å². The SMILES string of the molecule is Cc1ccc(COc2cccc(N)c2)cc1.Cl. The van der Waals surface area contributed by atoms with E-state index in [9.17, 15) is 0 Å². The summed E-state index contributed by atoms with van der Waals surface area (Å²) in [4.78, 5) is 0. The van der Waals surface area contributed by atoms with Gasteiger partial charge < -0.3 is 10.5 Å². The van der Waals surface area contributed by atoms with Crippen LogP contribution < -0.4 is 10.5 Å². The van der Waals surface area contributed by atoms with Crippen molar-refractivity contribution in [3.05, 3.63) is 59.7 Å². The minimum absolute atomic E-state index is 0. The van der Waals surface area contributed by atoms with E-state index in [2.05, 4.69) is 31.2 Å². The van der Waals surface area contributed by atoms with Gasteiger partial charge in [-0.2, -0.15) is 0 Å². The highest BCUT2D eigenvalue weighted by Gasteiger charge is 1.96. The van der Waals surface area contributed by atoms with Gasteiger partial charge in [-0.3, -0.25) is 0 Å². The molecule has 0 bridgehead atoms. The van der Waals surface area contributed by atoms with Gasteiger partial charge in [-0.15, -0.1) is 12.4 Å². The van der Waals surface area contributed by atoms with E-state index in [0.717, 1.165) is 17.0 Å². The van der Waals surface area contributed by atoms with Crippen LogP contribution in [0.2, 0.25) is 0 Å². The van der Waals surface area contributed by atoms with Gasteiger partial charge in [0.05, 0.1) is 0 Å². The van der Waals surface area contributed by atoms with Crippen molar-refractivity contribution in [2.75, 3.05) is 5.73 Å². The van der Waals surface area contributed by atoms with Crippen molar-refractivity contribution in [2.45, 2.75) is 13.5 Å². The van der Waals surface area contributed by atoms with Crippen LogP contribution in [0.3, 0.4) is 0 Å². The maximum Gasteiger partial charge on any atom is 0.121 e. The van der Waals surface area contributed by atoms with Crippen molar-refractivity contribution in [3.8, 4) is 5.75 Å². The molecule has 0 saturated carbocycles. The third kappa shape index (κ3) is 4.00. The molecule has 0 atom stereocenters. The third-order valence-corrected chi connectivity index (χ3v) is 2.38. The monoisotopic (exact) mass is 249 g/mol. The van der Waals surface area contributed by atoms with Crippen LogP contribution in [0.25, 0.3) is 0 Å². The average Bonchev–Trinajstić information content (AvgIpc) is 2.28. The summed E-state index contributed by atoms with van der Waals surface area (Å²) in [6, 6.07) is 15.8. The van der Waals surface area contributed by atoms with Gasteiger partial charge in [0.1, 0.15) is 12.4 Å². The average molecular weight is 250 g/mol. The predicted molar refractivity (Wildman–Crippen MR) is 73.6 cm³/mol. The molecule has 2 nitrogen and oxygen atoms in total. The highest BCUT2D eigenvalue weighted by atomic mass is 35.5. The van der Waals surface area contributed by atoms with Crippen LogP contribution in [0.5, 0.6) is 5.75 Å². The number of rotatable bonds is 3. The number of aryl methyl sites for hydroxylation is 1. The minimum atomic E-state index is 0. The first-order valence-corrected chi connectivity index (χ1v) is 5.28. The maximum absolute atomic E-state index is 5.67. The smallest absolute Gasteiger partial charge is 0.121 e. The number of halogens is 1. The van der Waals surface area contributed by atoms with E-state index >= 15 is 0 Å². The molecular formula is C14H16ClNO. The first kappa shape index (κ1) is 13.4. The molecule has 0 aromatic heterocycles. The molecule has 0 saturated heterocycles. The van der Waals surface area contributed by atoms with Crippen LogP contribution >= 0.6 is 12.4 Å². The molecule has 0 fully saturated rings. The molecule has 2 N–H and O–H groups in total. The highest BCUT2D eigenvalue weighted by molar-refractivity contribution is 5.85. The molecule has 0 aliphatic rings. The molecule has 3 heteroatoms. The first-order chi connectivity index (χ1) is 7.74. The first-order valence-electron chi connectivity index (χ1n) is 5.28. The van der Waals surface area contributed by atoms with Crippen molar-refractivity contribution >= 4 is 18.1 Å². The summed E-state index contributed by atoms with van der Waals surface area (Å²) in [5, 5.41) is 0. The lowest BCUT2D eigenvalue weighted by atomic mass is 10.2. The Morgan fingerprint density at radius 2 is 1.76 bits per heavy atom. The summed E-state index contributed by atoms with van der Waals surface area (Å²) in [6.07, 6.45) is 0. The Labute approximate surface area is 108 Å². The fraction of sp³-hybridized carbons (Fsp3) is 0.143. The molecule has 0 radical (unpaired) electrons. The fourth-order valence-corrected chi connectivity index (χ4v) is 1.46. The Hall–Kier alpha value is -1.67. The second kappa shape index (κ2) is 6.16. The topological polar surface area (TPSA) is 35.2 Å². The summed E-state index contributed by atoms with van der Waals surface area (Å²) in [6.45, 7) is 2.65. The van der Waals surface area contributed by atoms with Crippen LogP contribution in [0.4, 0.5) is 5.69 Å². The second-order valence-corrected chi connectivity index (χ2v) is 3.85. The summed E-state index contributed by atoms with van der Waals surface area (Å²) < 4.78 is 5.63. The van der Waals surface area contributed by atoms with Crippen LogP contribution in [0.1, 0.15) is 11.1 Å². The van der Waals surface area contributed by atoms with Gasteiger partial charge >= 0.3 is 0 Å². The Balaban J connectivity index is 0.00000144. The number of anilines is 1. The van der Waals surface area contributed by atoms with Gasteiger partial charge in [0.15, 0.2) is 0 Å². The zero-order chi connectivity index (χ0) is 11.4. The number of benzene rings is 2. The largest absolute Gasteiger partial charge is 0.489 e. The lowest BCUT2D eigenvalue weighted by Crippen LogP contribution is -1.96. The number of hydrogen-bond acceptors (Lipinski definition) is 2. The fourth-order valence-electron chi connectivity index (χ4n) is 1.46. The Morgan fingerprint density at radius 1 is 1.06 bits per heavy atom. The van der Waals surface area contributed by atoms with Gasteiger partial charge in [-0.1, -0.05) is 35.9 Å². The van der Waals surface area contributed by atoms with E-state index in [1.807, 2.05) is 24.3 Å². The molecule has 0 spiro atoms. The minimum Gasteiger partial charge on any atom is -0.489 e. The molecule has 0 heterocycles. The summed E-state index contributed by atoms with van der Waals surface area (Å²) in [5.41, 5.74) is 8.81. The lowest BCUT2D eigenvalue weighted by molar-refractivity contribution is 0.306. The van der Waals surface area contributed by atoms with Gasteiger partial charge in [0.2, 0.25) is 0 Å². The van der Waals surface area contributed by atoms with Gasteiger partial charge in [-0.05, 0) is 24.6 Å².